The van der Waals surface area contributed by atoms with Gasteiger partial charge in [-0.1, -0.05) is 29.8 Å². The van der Waals surface area contributed by atoms with Crippen LogP contribution in [-0.2, 0) is 0 Å². The molecule has 1 aromatic heterocycles. The number of rotatable bonds is 5. The molecule has 1 unspecified atom stereocenters. The molecule has 0 aliphatic carbocycles. The predicted octanol–water partition coefficient (Wildman–Crippen LogP) is 2.63. The van der Waals surface area contributed by atoms with Crippen LogP contribution in [0.2, 0.25) is 0 Å². The predicted molar refractivity (Wildman–Crippen MR) is 76.0 cm³/mol. The summed E-state index contributed by atoms with van der Waals surface area (Å²) in [6, 6.07) is 1.77. The van der Waals surface area contributed by atoms with Gasteiger partial charge < -0.3 is 5.32 Å². The number of carbonyl (C=O) groups is 1. The summed E-state index contributed by atoms with van der Waals surface area (Å²) in [6.07, 6.45) is 1.03. The van der Waals surface area contributed by atoms with Gasteiger partial charge >= 0.3 is 0 Å². The van der Waals surface area contributed by atoms with Crippen LogP contribution in [0.4, 0.5) is 0 Å². The van der Waals surface area contributed by atoms with Crippen molar-refractivity contribution in [3.8, 4) is 0 Å². The van der Waals surface area contributed by atoms with Gasteiger partial charge in [0.15, 0.2) is 0 Å². The highest BCUT2D eigenvalue weighted by Gasteiger charge is 2.13. The van der Waals surface area contributed by atoms with Crippen LogP contribution in [0.1, 0.15) is 42.0 Å². The normalized spacial score (nSPS) is 12.6. The first kappa shape index (κ1) is 15.1. The quantitative estimate of drug-likeness (QED) is 0.850. The van der Waals surface area contributed by atoms with Crippen molar-refractivity contribution in [1.82, 2.24) is 15.5 Å². The Morgan fingerprint density at radius 2 is 2.06 bits per heavy atom. The fraction of sp³-hybridized carbons (Fsp3) is 0.615. The topological polar surface area (TPSA) is 54.9 Å². The largest absolute Gasteiger partial charge is 0.351 e. The summed E-state index contributed by atoms with van der Waals surface area (Å²) >= 11 is 3.57. The fourth-order valence-electron chi connectivity index (χ4n) is 1.67. The van der Waals surface area contributed by atoms with Crippen molar-refractivity contribution in [2.45, 2.75) is 38.9 Å². The van der Waals surface area contributed by atoms with Crippen molar-refractivity contribution in [2.75, 3.05) is 6.54 Å². The molecule has 0 aromatic carbocycles. The lowest BCUT2D eigenvalue weighted by Gasteiger charge is -2.13. The highest BCUT2D eigenvalue weighted by molar-refractivity contribution is 9.09. The van der Waals surface area contributed by atoms with E-state index in [2.05, 4.69) is 45.3 Å². The molecule has 4 nitrogen and oxygen atoms in total. The summed E-state index contributed by atoms with van der Waals surface area (Å²) in [5, 5.41) is 10.8. The van der Waals surface area contributed by atoms with E-state index in [0.29, 0.717) is 28.5 Å². The van der Waals surface area contributed by atoms with Gasteiger partial charge in [0.2, 0.25) is 0 Å². The second-order valence-corrected chi connectivity index (χ2v) is 6.22. The molecule has 1 aromatic rings. The van der Waals surface area contributed by atoms with E-state index in [1.807, 2.05) is 6.92 Å². The molecule has 1 atom stereocenters. The standard InChI is InChI=1S/C13H20BrN3O/c1-8(2)5-11(14)7-15-13(18)12-6-9(3)16-17-10(12)4/h6,8,11H,5,7H2,1-4H3,(H,15,18). The van der Waals surface area contributed by atoms with E-state index in [0.717, 1.165) is 12.1 Å². The molecule has 1 amide bonds. The van der Waals surface area contributed by atoms with E-state index >= 15 is 0 Å². The van der Waals surface area contributed by atoms with Crippen LogP contribution in [0.15, 0.2) is 6.07 Å². The first-order chi connectivity index (χ1) is 8.40. The lowest BCUT2D eigenvalue weighted by Crippen LogP contribution is -2.31. The number of nitrogens with one attached hydrogen (secondary N) is 1. The van der Waals surface area contributed by atoms with Crippen LogP contribution in [0.5, 0.6) is 0 Å². The second kappa shape index (κ2) is 6.83. The Morgan fingerprint density at radius 1 is 1.39 bits per heavy atom. The molecule has 0 saturated carbocycles. The van der Waals surface area contributed by atoms with Gasteiger partial charge in [-0.15, -0.1) is 0 Å². The number of hydrogen-bond acceptors (Lipinski definition) is 3. The first-order valence-electron chi connectivity index (χ1n) is 6.13. The van der Waals surface area contributed by atoms with E-state index in [9.17, 15) is 4.79 Å². The molecular weight excluding hydrogens is 294 g/mol. The monoisotopic (exact) mass is 313 g/mol. The molecular formula is C13H20BrN3O. The molecule has 5 heteroatoms. The Kier molecular flexibility index (Phi) is 5.72. The van der Waals surface area contributed by atoms with Gasteiger partial charge in [0.1, 0.15) is 0 Å². The summed E-state index contributed by atoms with van der Waals surface area (Å²) in [5.74, 6) is 0.525. The Hall–Kier alpha value is -0.970. The van der Waals surface area contributed by atoms with Crippen molar-refractivity contribution >= 4 is 21.8 Å². The third-order valence-corrected chi connectivity index (χ3v) is 3.25. The number of amides is 1. The van der Waals surface area contributed by atoms with Crippen molar-refractivity contribution in [1.29, 1.82) is 0 Å². The Bertz CT molecular complexity index is 421. The van der Waals surface area contributed by atoms with Gasteiger partial charge in [0.25, 0.3) is 5.91 Å². The number of halogens is 1. The number of hydrogen-bond donors (Lipinski definition) is 1. The van der Waals surface area contributed by atoms with E-state index in [4.69, 9.17) is 0 Å². The maximum absolute atomic E-state index is 12.0. The van der Waals surface area contributed by atoms with Crippen molar-refractivity contribution in [3.05, 3.63) is 23.0 Å². The summed E-state index contributed by atoms with van der Waals surface area (Å²) < 4.78 is 0. The lowest BCUT2D eigenvalue weighted by molar-refractivity contribution is 0.0952. The van der Waals surface area contributed by atoms with E-state index in [-0.39, 0.29) is 5.91 Å². The van der Waals surface area contributed by atoms with Crippen LogP contribution >= 0.6 is 15.9 Å². The Morgan fingerprint density at radius 3 is 2.67 bits per heavy atom. The zero-order valence-corrected chi connectivity index (χ0v) is 12.9. The third-order valence-electron chi connectivity index (χ3n) is 2.56. The van der Waals surface area contributed by atoms with Crippen LogP contribution in [-0.4, -0.2) is 27.5 Å². The van der Waals surface area contributed by atoms with Crippen molar-refractivity contribution in [3.63, 3.8) is 0 Å². The van der Waals surface area contributed by atoms with Gasteiger partial charge in [-0.25, -0.2) is 0 Å². The van der Waals surface area contributed by atoms with Gasteiger partial charge in [0, 0.05) is 11.4 Å². The maximum Gasteiger partial charge on any atom is 0.253 e. The van der Waals surface area contributed by atoms with Gasteiger partial charge in [-0.2, -0.15) is 10.2 Å². The minimum Gasteiger partial charge on any atom is -0.351 e. The number of nitrogens with zero attached hydrogens (tertiary/aromatic N) is 2. The molecule has 1 N–H and O–H groups in total. The zero-order valence-electron chi connectivity index (χ0n) is 11.3. The molecule has 0 fully saturated rings. The minimum absolute atomic E-state index is 0.0845. The zero-order chi connectivity index (χ0) is 13.7. The van der Waals surface area contributed by atoms with Gasteiger partial charge in [0.05, 0.1) is 17.0 Å². The summed E-state index contributed by atoms with van der Waals surface area (Å²) in [6.45, 7) is 8.57. The number of carbonyl (C=O) groups excluding carboxylic acids is 1. The molecule has 0 bridgehead atoms. The highest BCUT2D eigenvalue weighted by Crippen LogP contribution is 2.12. The highest BCUT2D eigenvalue weighted by atomic mass is 79.9. The van der Waals surface area contributed by atoms with Crippen LogP contribution < -0.4 is 5.32 Å². The van der Waals surface area contributed by atoms with E-state index in [1.165, 1.54) is 0 Å². The van der Waals surface area contributed by atoms with E-state index < -0.39 is 0 Å². The Balaban J connectivity index is 2.58. The first-order valence-corrected chi connectivity index (χ1v) is 7.05. The molecule has 0 aliphatic rings. The van der Waals surface area contributed by atoms with Gasteiger partial charge in [-0.05, 0) is 32.3 Å². The summed E-state index contributed by atoms with van der Waals surface area (Å²) in [4.78, 5) is 12.3. The SMILES string of the molecule is Cc1cc(C(=O)NCC(Br)CC(C)C)c(C)nn1. The van der Waals surface area contributed by atoms with Crippen LogP contribution in [0, 0.1) is 19.8 Å². The average Bonchev–Trinajstić information content (AvgIpc) is 2.28. The second-order valence-electron chi connectivity index (χ2n) is 4.92. The van der Waals surface area contributed by atoms with Crippen molar-refractivity contribution in [2.24, 2.45) is 5.92 Å². The fourth-order valence-corrected chi connectivity index (χ4v) is 2.58. The van der Waals surface area contributed by atoms with Gasteiger partial charge in [-0.3, -0.25) is 4.79 Å². The lowest BCUT2D eigenvalue weighted by atomic mass is 10.1. The molecule has 18 heavy (non-hydrogen) atoms. The molecule has 0 aliphatic heterocycles. The number of aromatic nitrogens is 2. The number of aryl methyl sites for hydroxylation is 2. The summed E-state index contributed by atoms with van der Waals surface area (Å²) in [5.41, 5.74) is 2.02. The Labute approximate surface area is 117 Å². The molecule has 1 rings (SSSR count). The average molecular weight is 314 g/mol. The molecule has 0 radical (unpaired) electrons. The van der Waals surface area contributed by atoms with Crippen LogP contribution in [0.25, 0.3) is 0 Å². The maximum atomic E-state index is 12.0. The smallest absolute Gasteiger partial charge is 0.253 e. The molecule has 0 saturated heterocycles. The molecule has 100 valence electrons. The van der Waals surface area contributed by atoms with E-state index in [1.54, 1.807) is 13.0 Å². The number of alkyl halides is 1. The minimum atomic E-state index is -0.0845. The van der Waals surface area contributed by atoms with Crippen molar-refractivity contribution < 1.29 is 4.79 Å². The molecule has 0 spiro atoms. The third kappa shape index (κ3) is 4.72. The summed E-state index contributed by atoms with van der Waals surface area (Å²) in [7, 11) is 0. The van der Waals surface area contributed by atoms with Crippen LogP contribution in [0.3, 0.4) is 0 Å². The molecule has 1 heterocycles.